The summed E-state index contributed by atoms with van der Waals surface area (Å²) >= 11 is 0. The van der Waals surface area contributed by atoms with Gasteiger partial charge in [-0.25, -0.2) is 9.97 Å². The molecule has 1 atom stereocenters. The van der Waals surface area contributed by atoms with Crippen molar-refractivity contribution in [3.05, 3.63) is 24.3 Å². The first-order chi connectivity index (χ1) is 5.70. The van der Waals surface area contributed by atoms with Gasteiger partial charge in [0.05, 0.1) is 0 Å². The van der Waals surface area contributed by atoms with Crippen molar-refractivity contribution in [1.29, 1.82) is 0 Å². The Bertz CT molecular complexity index is 271. The SMILES string of the molecule is Cl.Cl.N[C@@H](Cc1cncnc1)C(=O)O. The van der Waals surface area contributed by atoms with Gasteiger partial charge in [-0.15, -0.1) is 24.8 Å². The molecule has 0 aliphatic rings. The van der Waals surface area contributed by atoms with Crippen LogP contribution in [-0.4, -0.2) is 27.1 Å². The van der Waals surface area contributed by atoms with Crippen molar-refractivity contribution in [3.8, 4) is 0 Å². The number of nitrogens with two attached hydrogens (primary N) is 1. The summed E-state index contributed by atoms with van der Waals surface area (Å²) in [5, 5.41) is 8.48. The molecule has 1 aromatic rings. The smallest absolute Gasteiger partial charge is 0.320 e. The molecular weight excluding hydrogens is 229 g/mol. The zero-order valence-corrected chi connectivity index (χ0v) is 8.79. The molecule has 7 heteroatoms. The Kier molecular flexibility index (Phi) is 8.32. The van der Waals surface area contributed by atoms with E-state index in [1.165, 1.54) is 6.33 Å². The summed E-state index contributed by atoms with van der Waals surface area (Å²) in [6.07, 6.45) is 4.75. The average Bonchev–Trinajstić information content (AvgIpc) is 2.06. The van der Waals surface area contributed by atoms with Crippen LogP contribution in [-0.2, 0) is 11.2 Å². The van der Waals surface area contributed by atoms with Gasteiger partial charge in [-0.2, -0.15) is 0 Å². The first kappa shape index (κ1) is 15.6. The molecule has 1 aromatic heterocycles. The molecule has 0 unspecified atom stereocenters. The van der Waals surface area contributed by atoms with Gasteiger partial charge in [0.1, 0.15) is 12.4 Å². The summed E-state index contributed by atoms with van der Waals surface area (Å²) < 4.78 is 0. The number of aliphatic carboxylic acids is 1. The molecule has 0 fully saturated rings. The van der Waals surface area contributed by atoms with Crippen molar-refractivity contribution in [2.24, 2.45) is 5.73 Å². The summed E-state index contributed by atoms with van der Waals surface area (Å²) in [6.45, 7) is 0. The number of hydrogen-bond acceptors (Lipinski definition) is 4. The van der Waals surface area contributed by atoms with E-state index >= 15 is 0 Å². The molecule has 0 aliphatic heterocycles. The van der Waals surface area contributed by atoms with Crippen molar-refractivity contribution in [2.45, 2.75) is 12.5 Å². The molecule has 1 heterocycles. The maximum absolute atomic E-state index is 10.3. The lowest BCUT2D eigenvalue weighted by Crippen LogP contribution is -2.32. The van der Waals surface area contributed by atoms with Gasteiger partial charge in [0.15, 0.2) is 0 Å². The van der Waals surface area contributed by atoms with Crippen LogP contribution in [0.2, 0.25) is 0 Å². The van der Waals surface area contributed by atoms with E-state index in [0.717, 1.165) is 5.56 Å². The fourth-order valence-electron chi connectivity index (χ4n) is 0.777. The highest BCUT2D eigenvalue weighted by atomic mass is 35.5. The van der Waals surface area contributed by atoms with Crippen LogP contribution in [0.4, 0.5) is 0 Å². The van der Waals surface area contributed by atoms with Crippen LogP contribution >= 0.6 is 24.8 Å². The van der Waals surface area contributed by atoms with E-state index in [2.05, 4.69) is 9.97 Å². The molecule has 0 bridgehead atoms. The van der Waals surface area contributed by atoms with E-state index in [-0.39, 0.29) is 31.2 Å². The highest BCUT2D eigenvalue weighted by Gasteiger charge is 2.11. The maximum atomic E-state index is 10.3. The average molecular weight is 240 g/mol. The van der Waals surface area contributed by atoms with Crippen LogP contribution in [0.5, 0.6) is 0 Å². The van der Waals surface area contributed by atoms with Gasteiger partial charge in [-0.05, 0) is 5.56 Å². The summed E-state index contributed by atoms with van der Waals surface area (Å²) in [7, 11) is 0. The largest absolute Gasteiger partial charge is 0.480 e. The first-order valence-electron chi connectivity index (χ1n) is 3.42. The number of hydrogen-bond donors (Lipinski definition) is 2. The van der Waals surface area contributed by atoms with Crippen molar-refractivity contribution in [2.75, 3.05) is 0 Å². The molecular formula is C7H11Cl2N3O2. The van der Waals surface area contributed by atoms with Crippen molar-refractivity contribution in [3.63, 3.8) is 0 Å². The Hall–Kier alpha value is -0.910. The standard InChI is InChI=1S/C7H9N3O2.2ClH/c8-6(7(11)12)1-5-2-9-4-10-3-5;;/h2-4,6H,1,8H2,(H,11,12);2*1H/t6-;;/m0../s1. The third-order valence-electron chi connectivity index (χ3n) is 1.39. The van der Waals surface area contributed by atoms with Crippen molar-refractivity contribution in [1.82, 2.24) is 9.97 Å². The minimum atomic E-state index is -1.01. The van der Waals surface area contributed by atoms with E-state index in [4.69, 9.17) is 10.8 Å². The molecule has 0 aliphatic carbocycles. The van der Waals surface area contributed by atoms with Gasteiger partial charge < -0.3 is 10.8 Å². The van der Waals surface area contributed by atoms with E-state index in [1.807, 2.05) is 0 Å². The molecule has 0 radical (unpaired) electrons. The second kappa shape index (κ2) is 7.49. The molecule has 14 heavy (non-hydrogen) atoms. The molecule has 5 nitrogen and oxygen atoms in total. The molecule has 0 saturated heterocycles. The summed E-state index contributed by atoms with van der Waals surface area (Å²) in [6, 6.07) is -0.879. The Morgan fingerprint density at radius 3 is 2.36 bits per heavy atom. The van der Waals surface area contributed by atoms with Gasteiger partial charge in [-0.3, -0.25) is 4.79 Å². The Balaban J connectivity index is 0. The summed E-state index contributed by atoms with van der Waals surface area (Å²) in [5.41, 5.74) is 6.02. The van der Waals surface area contributed by atoms with Gasteiger partial charge >= 0.3 is 5.97 Å². The second-order valence-electron chi connectivity index (χ2n) is 2.40. The zero-order chi connectivity index (χ0) is 8.97. The fraction of sp³-hybridized carbons (Fsp3) is 0.286. The van der Waals surface area contributed by atoms with Crippen LogP contribution in [0.1, 0.15) is 5.56 Å². The predicted molar refractivity (Wildman–Crippen MR) is 55.8 cm³/mol. The van der Waals surface area contributed by atoms with Crippen LogP contribution in [0, 0.1) is 0 Å². The molecule has 80 valence electrons. The minimum Gasteiger partial charge on any atom is -0.480 e. The van der Waals surface area contributed by atoms with Crippen LogP contribution in [0.25, 0.3) is 0 Å². The molecule has 3 N–H and O–H groups in total. The topological polar surface area (TPSA) is 89.1 Å². The van der Waals surface area contributed by atoms with Crippen molar-refractivity contribution < 1.29 is 9.90 Å². The molecule has 1 rings (SSSR count). The third kappa shape index (κ3) is 4.96. The normalized spacial score (nSPS) is 10.6. The van der Waals surface area contributed by atoms with Gasteiger partial charge in [0.2, 0.25) is 0 Å². The summed E-state index contributed by atoms with van der Waals surface area (Å²) in [5.74, 6) is -1.01. The Labute approximate surface area is 93.6 Å². The zero-order valence-electron chi connectivity index (χ0n) is 7.16. The number of carbonyl (C=O) groups is 1. The van der Waals surface area contributed by atoms with E-state index in [1.54, 1.807) is 12.4 Å². The van der Waals surface area contributed by atoms with Gasteiger partial charge in [-0.1, -0.05) is 0 Å². The molecule has 0 spiro atoms. The number of nitrogens with zero attached hydrogens (tertiary/aromatic N) is 2. The molecule has 0 saturated carbocycles. The number of carboxylic acids is 1. The van der Waals surface area contributed by atoms with Gasteiger partial charge in [0, 0.05) is 18.8 Å². The quantitative estimate of drug-likeness (QED) is 0.791. The monoisotopic (exact) mass is 239 g/mol. The fourth-order valence-corrected chi connectivity index (χ4v) is 0.777. The highest BCUT2D eigenvalue weighted by Crippen LogP contribution is 1.97. The number of carboxylic acid groups (broad SMARTS) is 1. The predicted octanol–water partition coefficient (Wildman–Crippen LogP) is 0.275. The first-order valence-corrected chi connectivity index (χ1v) is 3.42. The third-order valence-corrected chi connectivity index (χ3v) is 1.39. The number of halogens is 2. The second-order valence-corrected chi connectivity index (χ2v) is 2.40. The maximum Gasteiger partial charge on any atom is 0.320 e. The Morgan fingerprint density at radius 2 is 1.93 bits per heavy atom. The summed E-state index contributed by atoms with van der Waals surface area (Å²) in [4.78, 5) is 17.8. The molecule has 0 amide bonds. The highest BCUT2D eigenvalue weighted by molar-refractivity contribution is 5.85. The Morgan fingerprint density at radius 1 is 1.43 bits per heavy atom. The van der Waals surface area contributed by atoms with E-state index in [0.29, 0.717) is 0 Å². The molecule has 0 aromatic carbocycles. The number of aromatic nitrogens is 2. The van der Waals surface area contributed by atoms with Crippen LogP contribution < -0.4 is 5.73 Å². The van der Waals surface area contributed by atoms with Gasteiger partial charge in [0.25, 0.3) is 0 Å². The van der Waals surface area contributed by atoms with Crippen LogP contribution in [0.15, 0.2) is 18.7 Å². The lowest BCUT2D eigenvalue weighted by atomic mass is 10.1. The minimum absolute atomic E-state index is 0. The van der Waals surface area contributed by atoms with E-state index in [9.17, 15) is 4.79 Å². The number of rotatable bonds is 3. The van der Waals surface area contributed by atoms with E-state index < -0.39 is 12.0 Å². The lowest BCUT2D eigenvalue weighted by molar-refractivity contribution is -0.138. The lowest BCUT2D eigenvalue weighted by Gasteiger charge is -2.03. The van der Waals surface area contributed by atoms with Crippen molar-refractivity contribution >= 4 is 30.8 Å². The van der Waals surface area contributed by atoms with Crippen LogP contribution in [0.3, 0.4) is 0 Å².